The van der Waals surface area contributed by atoms with Crippen LogP contribution in [-0.2, 0) is 16.5 Å². The second-order valence-corrected chi connectivity index (χ2v) is 2.96. The van der Waals surface area contributed by atoms with Crippen molar-refractivity contribution in [2.45, 2.75) is 5.75 Å². The molecule has 1 aromatic carbocycles. The summed E-state index contributed by atoms with van der Waals surface area (Å²) in [5, 5.41) is 0. The molecule has 2 nitrogen and oxygen atoms in total. The van der Waals surface area contributed by atoms with Gasteiger partial charge in [-0.2, -0.15) is 0 Å². The van der Waals surface area contributed by atoms with Gasteiger partial charge in [0.1, 0.15) is 10.7 Å². The summed E-state index contributed by atoms with van der Waals surface area (Å²) in [4.78, 5) is 0. The molecule has 0 radical (unpaired) electrons. The van der Waals surface area contributed by atoms with Gasteiger partial charge in [-0.05, 0) is 5.56 Å². The molecular weight excluding hydrogens is 171 g/mol. The van der Waals surface area contributed by atoms with Crippen LogP contribution in [0, 0.1) is 0 Å². The summed E-state index contributed by atoms with van der Waals surface area (Å²) in [6.07, 6.45) is 0. The van der Waals surface area contributed by atoms with Gasteiger partial charge in [0.25, 0.3) is 0 Å². The number of hydrogen-bond donors (Lipinski definition) is 1. The molecule has 0 aromatic heterocycles. The first-order valence-corrected chi connectivity index (χ1v) is 4.31. The van der Waals surface area contributed by atoms with Crippen molar-refractivity contribution >= 4 is 40.3 Å². The fraction of sp³-hybridized carbons (Fsp3) is 0.143. The van der Waals surface area contributed by atoms with E-state index in [0.717, 1.165) is 5.56 Å². The number of rotatable bonds is 2. The molecule has 0 N–H and O–H groups in total. The normalized spacial score (nSPS) is 9.18. The zero-order valence-corrected chi connectivity index (χ0v) is 6.25. The Hall–Kier alpha value is 0.170. The average Bonchev–Trinajstić information content (AvgIpc) is 1.88. The van der Waals surface area contributed by atoms with Crippen molar-refractivity contribution in [2.24, 2.45) is 0 Å². The van der Waals surface area contributed by atoms with Crippen molar-refractivity contribution < 1.29 is 8.42 Å². The van der Waals surface area contributed by atoms with Crippen LogP contribution in [0.25, 0.3) is 0 Å². The standard InChI is InChI=1S/C7H8O2S.Na.H/c8-10(9)6-7-4-2-1-3-5-7;;/h1-5,10H,6H2;;. The molecule has 0 heterocycles. The second-order valence-electron chi connectivity index (χ2n) is 1.98. The topological polar surface area (TPSA) is 34.1 Å². The molecule has 0 aliphatic rings. The molecular formula is C7H9NaO2S. The molecule has 0 saturated heterocycles. The molecule has 56 valence electrons. The molecule has 4 heteroatoms. The maximum absolute atomic E-state index is 10.2. The van der Waals surface area contributed by atoms with Crippen molar-refractivity contribution in [1.82, 2.24) is 0 Å². The molecule has 0 aliphatic heterocycles. The van der Waals surface area contributed by atoms with E-state index >= 15 is 0 Å². The van der Waals surface area contributed by atoms with Gasteiger partial charge in [0, 0.05) is 0 Å². The van der Waals surface area contributed by atoms with E-state index in [-0.39, 0.29) is 35.3 Å². The molecule has 0 spiro atoms. The molecule has 0 atom stereocenters. The van der Waals surface area contributed by atoms with Crippen LogP contribution >= 0.6 is 0 Å². The van der Waals surface area contributed by atoms with E-state index in [1.807, 2.05) is 18.2 Å². The van der Waals surface area contributed by atoms with Gasteiger partial charge in [-0.3, -0.25) is 0 Å². The predicted molar refractivity (Wildman–Crippen MR) is 47.6 cm³/mol. The van der Waals surface area contributed by atoms with Crippen LogP contribution in [0.4, 0.5) is 0 Å². The van der Waals surface area contributed by atoms with Crippen molar-refractivity contribution in [2.75, 3.05) is 0 Å². The molecule has 11 heavy (non-hydrogen) atoms. The third-order valence-corrected chi connectivity index (χ3v) is 1.78. The van der Waals surface area contributed by atoms with E-state index in [1.165, 1.54) is 0 Å². The minimum atomic E-state index is -2.28. The van der Waals surface area contributed by atoms with Crippen molar-refractivity contribution in [3.05, 3.63) is 35.9 Å². The van der Waals surface area contributed by atoms with Gasteiger partial charge in [0.15, 0.2) is 0 Å². The van der Waals surface area contributed by atoms with E-state index in [0.29, 0.717) is 0 Å². The number of benzene rings is 1. The molecule has 0 unspecified atom stereocenters. The van der Waals surface area contributed by atoms with E-state index in [4.69, 9.17) is 0 Å². The average molecular weight is 180 g/mol. The molecule has 0 aliphatic carbocycles. The number of thiol groups is 1. The zero-order valence-electron chi connectivity index (χ0n) is 5.36. The predicted octanol–water partition coefficient (Wildman–Crippen LogP) is 0.150. The Morgan fingerprint density at radius 2 is 1.64 bits per heavy atom. The van der Waals surface area contributed by atoms with E-state index in [2.05, 4.69) is 0 Å². The molecule has 0 amide bonds. The zero-order chi connectivity index (χ0) is 7.40. The molecule has 0 saturated carbocycles. The van der Waals surface area contributed by atoms with Crippen LogP contribution < -0.4 is 0 Å². The molecule has 1 rings (SSSR count). The summed E-state index contributed by atoms with van der Waals surface area (Å²) in [6, 6.07) is 9.11. The van der Waals surface area contributed by atoms with E-state index in [9.17, 15) is 8.42 Å². The van der Waals surface area contributed by atoms with Crippen molar-refractivity contribution in [3.63, 3.8) is 0 Å². The first-order valence-electron chi connectivity index (χ1n) is 2.95. The molecule has 0 bridgehead atoms. The summed E-state index contributed by atoms with van der Waals surface area (Å²) in [5.74, 6) is 0.149. The number of hydrogen-bond acceptors (Lipinski definition) is 2. The Kier molecular flexibility index (Phi) is 5.86. The molecule has 1 aromatic rings. The SMILES string of the molecule is O=[SH](=O)Cc1ccccc1.[NaH]. The Labute approximate surface area is 89.9 Å². The quantitative estimate of drug-likeness (QED) is 0.519. The maximum atomic E-state index is 10.2. The van der Waals surface area contributed by atoms with Crippen LogP contribution in [0.15, 0.2) is 30.3 Å². The second kappa shape index (κ2) is 5.77. The summed E-state index contributed by atoms with van der Waals surface area (Å²) in [5.41, 5.74) is 0.846. The van der Waals surface area contributed by atoms with Gasteiger partial charge in [-0.1, -0.05) is 30.3 Å². The minimum absolute atomic E-state index is 0. The van der Waals surface area contributed by atoms with Gasteiger partial charge in [0.05, 0.1) is 5.75 Å². The van der Waals surface area contributed by atoms with Gasteiger partial charge in [-0.15, -0.1) is 0 Å². The van der Waals surface area contributed by atoms with Crippen LogP contribution in [-0.4, -0.2) is 38.0 Å². The first-order chi connectivity index (χ1) is 4.79. The van der Waals surface area contributed by atoms with Crippen LogP contribution in [0.2, 0.25) is 0 Å². The first kappa shape index (κ1) is 11.2. The van der Waals surface area contributed by atoms with Crippen LogP contribution in [0.3, 0.4) is 0 Å². The van der Waals surface area contributed by atoms with Gasteiger partial charge in [-0.25, -0.2) is 8.42 Å². The third kappa shape index (κ3) is 4.58. The monoisotopic (exact) mass is 180 g/mol. The summed E-state index contributed by atoms with van der Waals surface area (Å²) in [7, 11) is -2.28. The summed E-state index contributed by atoms with van der Waals surface area (Å²) in [6.45, 7) is 0. The Morgan fingerprint density at radius 1 is 1.09 bits per heavy atom. The van der Waals surface area contributed by atoms with E-state index < -0.39 is 10.7 Å². The van der Waals surface area contributed by atoms with Crippen LogP contribution in [0.1, 0.15) is 5.56 Å². The summed E-state index contributed by atoms with van der Waals surface area (Å²) < 4.78 is 20.4. The Morgan fingerprint density at radius 3 is 2.09 bits per heavy atom. The van der Waals surface area contributed by atoms with Crippen molar-refractivity contribution in [1.29, 1.82) is 0 Å². The van der Waals surface area contributed by atoms with Gasteiger partial charge in [0.2, 0.25) is 0 Å². The van der Waals surface area contributed by atoms with E-state index in [1.54, 1.807) is 12.1 Å². The fourth-order valence-electron chi connectivity index (χ4n) is 0.732. The Balaban J connectivity index is 0.000001000. The fourth-order valence-corrected chi connectivity index (χ4v) is 1.24. The Bertz CT molecular complexity index is 261. The third-order valence-electron chi connectivity index (χ3n) is 1.15. The molecule has 0 fully saturated rings. The van der Waals surface area contributed by atoms with Gasteiger partial charge < -0.3 is 0 Å². The van der Waals surface area contributed by atoms with Gasteiger partial charge >= 0.3 is 29.6 Å². The summed E-state index contributed by atoms with van der Waals surface area (Å²) >= 11 is 0. The van der Waals surface area contributed by atoms with Crippen molar-refractivity contribution in [3.8, 4) is 0 Å². The van der Waals surface area contributed by atoms with Crippen LogP contribution in [0.5, 0.6) is 0 Å².